The van der Waals surface area contributed by atoms with E-state index in [2.05, 4.69) is 30.9 Å². The number of hydrogen-bond acceptors (Lipinski definition) is 8. The second-order valence-corrected chi connectivity index (χ2v) is 9.22. The minimum absolute atomic E-state index is 0.0944. The molecular formula is C24H22N6O3S. The van der Waals surface area contributed by atoms with E-state index in [1.54, 1.807) is 30.6 Å². The van der Waals surface area contributed by atoms with Gasteiger partial charge < -0.3 is 10.6 Å². The minimum Gasteiger partial charge on any atom is -0.351 e. The Labute approximate surface area is 199 Å². The molecule has 1 aliphatic heterocycles. The highest BCUT2D eigenvalue weighted by atomic mass is 32.2. The molecule has 3 aromatic rings. The number of anilines is 1. The Morgan fingerprint density at radius 2 is 1.79 bits per heavy atom. The average molecular weight is 475 g/mol. The molecule has 0 radical (unpaired) electrons. The normalized spacial score (nSPS) is 21.5. The highest BCUT2D eigenvalue weighted by Gasteiger charge is 2.26. The van der Waals surface area contributed by atoms with Gasteiger partial charge in [0, 0.05) is 29.9 Å². The van der Waals surface area contributed by atoms with Gasteiger partial charge in [-0.15, -0.1) is 0 Å². The Morgan fingerprint density at radius 1 is 1.00 bits per heavy atom. The lowest BCUT2D eigenvalue weighted by atomic mass is 9.91. The first-order valence-corrected chi connectivity index (χ1v) is 11.9. The number of rotatable bonds is 5. The quantitative estimate of drug-likeness (QED) is 0.480. The molecule has 3 amide bonds. The van der Waals surface area contributed by atoms with Crippen molar-refractivity contribution in [2.24, 2.45) is 0 Å². The van der Waals surface area contributed by atoms with E-state index in [0.717, 1.165) is 42.8 Å². The van der Waals surface area contributed by atoms with E-state index in [1.165, 1.54) is 0 Å². The number of para-hydroxylation sites is 1. The largest absolute Gasteiger partial charge is 0.351 e. The van der Waals surface area contributed by atoms with Crippen LogP contribution in [0.15, 0.2) is 53.7 Å². The fourth-order valence-corrected chi connectivity index (χ4v) is 4.86. The van der Waals surface area contributed by atoms with Crippen LogP contribution in [0.3, 0.4) is 0 Å². The Hall–Kier alpha value is -3.79. The standard InChI is InChI=1S/C24H22N6O3S/c31-21(18-5-1-3-14-4-2-11-25-20(14)18)27-15-6-8-16(9-7-15)28-23-26-12-10-17(29-23)13-19-22(32)30-24(33)34-19/h1-5,10-13,15-16H,6-9H2,(H,27,31)(H,26,28,29)(H,30,32,33). The molecule has 0 atom stereocenters. The summed E-state index contributed by atoms with van der Waals surface area (Å²) in [4.78, 5) is 49.4. The Bertz CT molecular complexity index is 1300. The zero-order valence-electron chi connectivity index (χ0n) is 18.2. The first-order chi connectivity index (χ1) is 16.5. The zero-order chi connectivity index (χ0) is 23.5. The molecule has 0 bridgehead atoms. The van der Waals surface area contributed by atoms with Crippen molar-refractivity contribution >= 4 is 51.7 Å². The molecule has 5 rings (SSSR count). The molecule has 1 saturated carbocycles. The highest BCUT2D eigenvalue weighted by molar-refractivity contribution is 8.18. The molecule has 10 heteroatoms. The summed E-state index contributed by atoms with van der Waals surface area (Å²) >= 11 is 0.856. The van der Waals surface area contributed by atoms with Gasteiger partial charge in [0.1, 0.15) is 0 Å². The summed E-state index contributed by atoms with van der Waals surface area (Å²) in [6.45, 7) is 0. The Kier molecular flexibility index (Phi) is 6.22. The maximum Gasteiger partial charge on any atom is 0.290 e. The summed E-state index contributed by atoms with van der Waals surface area (Å²) in [5, 5.41) is 9.29. The van der Waals surface area contributed by atoms with Crippen LogP contribution in [0.25, 0.3) is 17.0 Å². The monoisotopic (exact) mass is 474 g/mol. The van der Waals surface area contributed by atoms with E-state index >= 15 is 0 Å². The molecule has 9 nitrogen and oxygen atoms in total. The van der Waals surface area contributed by atoms with Crippen LogP contribution in [0.1, 0.15) is 41.7 Å². The van der Waals surface area contributed by atoms with Crippen molar-refractivity contribution < 1.29 is 14.4 Å². The second kappa shape index (κ2) is 9.60. The van der Waals surface area contributed by atoms with Gasteiger partial charge >= 0.3 is 0 Å². The molecular weight excluding hydrogens is 452 g/mol. The van der Waals surface area contributed by atoms with Crippen molar-refractivity contribution in [3.63, 3.8) is 0 Å². The van der Waals surface area contributed by atoms with Crippen molar-refractivity contribution in [2.75, 3.05) is 5.32 Å². The molecule has 2 aromatic heterocycles. The molecule has 3 N–H and O–H groups in total. The molecule has 2 aliphatic rings. The first-order valence-electron chi connectivity index (χ1n) is 11.0. The molecule has 3 heterocycles. The summed E-state index contributed by atoms with van der Waals surface area (Å²) in [7, 11) is 0. The van der Waals surface area contributed by atoms with Crippen LogP contribution >= 0.6 is 11.8 Å². The van der Waals surface area contributed by atoms with Crippen molar-refractivity contribution in [3.05, 3.63) is 65.0 Å². The zero-order valence-corrected chi connectivity index (χ0v) is 19.0. The molecule has 1 aromatic carbocycles. The molecule has 1 aliphatic carbocycles. The van der Waals surface area contributed by atoms with Crippen LogP contribution in [0.5, 0.6) is 0 Å². The fraction of sp³-hybridized carbons (Fsp3) is 0.250. The number of nitrogens with one attached hydrogen (secondary N) is 3. The number of benzene rings is 1. The number of hydrogen-bond donors (Lipinski definition) is 3. The average Bonchev–Trinajstić information content (AvgIpc) is 3.16. The van der Waals surface area contributed by atoms with Crippen LogP contribution in [0.2, 0.25) is 0 Å². The first kappa shape index (κ1) is 22.0. The van der Waals surface area contributed by atoms with Gasteiger partial charge in [0.25, 0.3) is 17.1 Å². The third-order valence-electron chi connectivity index (χ3n) is 5.87. The molecule has 2 fully saturated rings. The molecule has 0 spiro atoms. The summed E-state index contributed by atoms with van der Waals surface area (Å²) in [5.74, 6) is -0.0433. The van der Waals surface area contributed by atoms with E-state index in [0.29, 0.717) is 27.6 Å². The van der Waals surface area contributed by atoms with E-state index in [9.17, 15) is 14.4 Å². The van der Waals surface area contributed by atoms with Crippen molar-refractivity contribution in [1.82, 2.24) is 25.6 Å². The second-order valence-electron chi connectivity index (χ2n) is 8.20. The topological polar surface area (TPSA) is 126 Å². The summed E-state index contributed by atoms with van der Waals surface area (Å²) in [6.07, 6.45) is 8.29. The number of aromatic nitrogens is 3. The third kappa shape index (κ3) is 4.91. The van der Waals surface area contributed by atoms with E-state index in [1.807, 2.05) is 24.3 Å². The predicted molar refractivity (Wildman–Crippen MR) is 130 cm³/mol. The van der Waals surface area contributed by atoms with Gasteiger partial charge in [-0.3, -0.25) is 24.7 Å². The number of nitrogens with zero attached hydrogens (tertiary/aromatic N) is 3. The lowest BCUT2D eigenvalue weighted by Crippen LogP contribution is -2.40. The summed E-state index contributed by atoms with van der Waals surface area (Å²) in [5.41, 5.74) is 1.85. The summed E-state index contributed by atoms with van der Waals surface area (Å²) < 4.78 is 0. The molecule has 0 unspecified atom stereocenters. The van der Waals surface area contributed by atoms with Crippen molar-refractivity contribution in [3.8, 4) is 0 Å². The molecule has 1 saturated heterocycles. The van der Waals surface area contributed by atoms with Crippen molar-refractivity contribution in [1.29, 1.82) is 0 Å². The van der Waals surface area contributed by atoms with Gasteiger partial charge in [-0.1, -0.05) is 18.2 Å². The smallest absolute Gasteiger partial charge is 0.290 e. The lowest BCUT2D eigenvalue weighted by molar-refractivity contribution is -0.115. The van der Waals surface area contributed by atoms with Gasteiger partial charge in [-0.2, -0.15) is 0 Å². The van der Waals surface area contributed by atoms with E-state index in [4.69, 9.17) is 0 Å². The van der Waals surface area contributed by atoms with Crippen molar-refractivity contribution in [2.45, 2.75) is 37.8 Å². The van der Waals surface area contributed by atoms with Gasteiger partial charge in [-0.25, -0.2) is 9.97 Å². The third-order valence-corrected chi connectivity index (χ3v) is 6.68. The maximum atomic E-state index is 12.9. The number of imide groups is 1. The summed E-state index contributed by atoms with van der Waals surface area (Å²) in [6, 6.07) is 11.4. The predicted octanol–water partition coefficient (Wildman–Crippen LogP) is 3.50. The number of fused-ring (bicyclic) bond motifs is 1. The lowest BCUT2D eigenvalue weighted by Gasteiger charge is -2.29. The fourth-order valence-electron chi connectivity index (χ4n) is 4.19. The van der Waals surface area contributed by atoms with Gasteiger partial charge in [0.15, 0.2) is 0 Å². The molecule has 172 valence electrons. The van der Waals surface area contributed by atoms with Crippen LogP contribution in [-0.4, -0.2) is 44.1 Å². The maximum absolute atomic E-state index is 12.9. The number of pyridine rings is 1. The SMILES string of the molecule is O=C1NC(=O)C(=Cc2ccnc(NC3CCC(NC(=O)c4cccc5cccnc45)CC3)n2)S1. The van der Waals surface area contributed by atoms with Crippen LogP contribution in [0, 0.1) is 0 Å². The van der Waals surface area contributed by atoms with E-state index < -0.39 is 5.91 Å². The van der Waals surface area contributed by atoms with Crippen LogP contribution in [-0.2, 0) is 4.79 Å². The Morgan fingerprint density at radius 3 is 2.59 bits per heavy atom. The van der Waals surface area contributed by atoms with Crippen LogP contribution < -0.4 is 16.0 Å². The highest BCUT2D eigenvalue weighted by Crippen LogP contribution is 2.26. The van der Waals surface area contributed by atoms with Crippen LogP contribution in [0.4, 0.5) is 10.7 Å². The number of thioether (sulfide) groups is 1. The molecule has 34 heavy (non-hydrogen) atoms. The minimum atomic E-state index is -0.414. The van der Waals surface area contributed by atoms with Gasteiger partial charge in [0.2, 0.25) is 5.95 Å². The van der Waals surface area contributed by atoms with E-state index in [-0.39, 0.29) is 23.2 Å². The Balaban J connectivity index is 1.17. The number of carbonyl (C=O) groups is 3. The number of amides is 3. The van der Waals surface area contributed by atoms with Gasteiger partial charge in [-0.05, 0) is 61.7 Å². The number of carbonyl (C=O) groups excluding carboxylic acids is 3. The van der Waals surface area contributed by atoms with Gasteiger partial charge in [0.05, 0.1) is 21.7 Å².